The van der Waals surface area contributed by atoms with E-state index in [2.05, 4.69) is 15.7 Å². The summed E-state index contributed by atoms with van der Waals surface area (Å²) in [4.78, 5) is 12.3. The van der Waals surface area contributed by atoms with E-state index in [0.717, 1.165) is 5.69 Å². The van der Waals surface area contributed by atoms with Crippen molar-refractivity contribution in [1.82, 2.24) is 15.1 Å². The molecule has 0 radical (unpaired) electrons. The van der Waals surface area contributed by atoms with Gasteiger partial charge in [-0.2, -0.15) is 5.10 Å². The first kappa shape index (κ1) is 19.7. The molecule has 1 fully saturated rings. The molecule has 0 bridgehead atoms. The van der Waals surface area contributed by atoms with Crippen LogP contribution in [0, 0.1) is 12.3 Å². The maximum Gasteiger partial charge on any atom is 0.320 e. The van der Waals surface area contributed by atoms with Gasteiger partial charge in [-0.15, -0.1) is 0 Å². The van der Waals surface area contributed by atoms with Crippen LogP contribution in [0.3, 0.4) is 0 Å². The van der Waals surface area contributed by atoms with Crippen LogP contribution in [0.4, 0.5) is 10.6 Å². The number of hydrogen-bond acceptors (Lipinski definition) is 4. The molecule has 3 N–H and O–H groups in total. The molecule has 2 atom stereocenters. The molecule has 0 aliphatic heterocycles. The highest BCUT2D eigenvalue weighted by Gasteiger charge is 2.59. The molecule has 2 unspecified atom stereocenters. The molecule has 0 aromatic carbocycles. The fraction of sp³-hybridized carbons (Fsp3) is 0.778. The molecule has 1 aliphatic carbocycles. The number of carbonyl (C=O) groups is 1. The van der Waals surface area contributed by atoms with Gasteiger partial charge in [0.25, 0.3) is 0 Å². The normalized spacial score (nSPS) is 25.4. The lowest BCUT2D eigenvalue weighted by Gasteiger charge is -2.57. The van der Waals surface area contributed by atoms with Crippen molar-refractivity contribution >= 4 is 11.8 Å². The zero-order valence-corrected chi connectivity index (χ0v) is 16.4. The van der Waals surface area contributed by atoms with Gasteiger partial charge in [-0.25, -0.2) is 9.48 Å². The van der Waals surface area contributed by atoms with E-state index < -0.39 is 11.0 Å². The summed E-state index contributed by atoms with van der Waals surface area (Å²) in [5.74, 6) is 0.634. The minimum Gasteiger partial charge on any atom is -0.387 e. The number of rotatable bonds is 5. The first-order chi connectivity index (χ1) is 11.4. The average molecular weight is 352 g/mol. The predicted octanol–water partition coefficient (Wildman–Crippen LogP) is 2.63. The Hall–Kier alpha value is -1.60. The van der Waals surface area contributed by atoms with Crippen LogP contribution < -0.4 is 10.6 Å². The molecule has 1 heterocycles. The van der Waals surface area contributed by atoms with Crippen LogP contribution in [0.1, 0.15) is 53.7 Å². The SMILES string of the molecule is CCOC1CC(O)(CNC(=O)Nc2cc(C)nn2C(C)(C)C)C1(C)C. The Labute approximate surface area is 150 Å². The van der Waals surface area contributed by atoms with Crippen LogP contribution in [-0.4, -0.2) is 45.8 Å². The number of ether oxygens (including phenoxy) is 1. The first-order valence-corrected chi connectivity index (χ1v) is 8.86. The van der Waals surface area contributed by atoms with Gasteiger partial charge in [-0.1, -0.05) is 13.8 Å². The number of nitrogens with one attached hydrogen (secondary N) is 2. The van der Waals surface area contributed by atoms with Crippen LogP contribution in [0.15, 0.2) is 6.07 Å². The highest BCUT2D eigenvalue weighted by atomic mass is 16.5. The average Bonchev–Trinajstić information content (AvgIpc) is 2.85. The molecule has 25 heavy (non-hydrogen) atoms. The van der Waals surface area contributed by atoms with Gasteiger partial charge in [0.05, 0.1) is 22.9 Å². The van der Waals surface area contributed by atoms with E-state index in [1.807, 2.05) is 54.5 Å². The van der Waals surface area contributed by atoms with Crippen LogP contribution in [0.2, 0.25) is 0 Å². The minimum atomic E-state index is -0.968. The van der Waals surface area contributed by atoms with E-state index in [4.69, 9.17) is 4.74 Å². The van der Waals surface area contributed by atoms with E-state index in [1.165, 1.54) is 0 Å². The lowest BCUT2D eigenvalue weighted by Crippen LogP contribution is -2.68. The summed E-state index contributed by atoms with van der Waals surface area (Å²) in [7, 11) is 0. The van der Waals surface area contributed by atoms with Crippen LogP contribution in [-0.2, 0) is 10.3 Å². The third kappa shape index (κ3) is 3.82. The Morgan fingerprint density at radius 3 is 2.64 bits per heavy atom. The van der Waals surface area contributed by atoms with Gasteiger partial charge in [0.15, 0.2) is 0 Å². The summed E-state index contributed by atoms with van der Waals surface area (Å²) in [6.07, 6.45) is 0.532. The molecule has 0 spiro atoms. The highest BCUT2D eigenvalue weighted by molar-refractivity contribution is 5.88. The maximum atomic E-state index is 12.3. The second-order valence-electron chi connectivity index (χ2n) is 8.46. The summed E-state index contributed by atoms with van der Waals surface area (Å²) < 4.78 is 7.43. The molecule has 1 aromatic heterocycles. The summed E-state index contributed by atoms with van der Waals surface area (Å²) in [5.41, 5.74) is -0.774. The lowest BCUT2D eigenvalue weighted by molar-refractivity contribution is -0.237. The van der Waals surface area contributed by atoms with Crippen LogP contribution in [0.5, 0.6) is 0 Å². The smallest absolute Gasteiger partial charge is 0.320 e. The zero-order valence-electron chi connectivity index (χ0n) is 16.4. The van der Waals surface area contributed by atoms with Gasteiger partial charge < -0.3 is 15.2 Å². The molecule has 2 rings (SSSR count). The van der Waals surface area contributed by atoms with Gasteiger partial charge in [-0.05, 0) is 34.6 Å². The van der Waals surface area contributed by atoms with Crippen molar-refractivity contribution in [3.63, 3.8) is 0 Å². The Bertz CT molecular complexity index is 633. The van der Waals surface area contributed by atoms with Crippen molar-refractivity contribution in [2.24, 2.45) is 5.41 Å². The van der Waals surface area contributed by atoms with Gasteiger partial charge >= 0.3 is 6.03 Å². The molecule has 1 saturated carbocycles. The standard InChI is InChI=1S/C18H32N4O3/c1-8-25-13-10-18(24,17(13,6)7)11-19-15(23)20-14-9-12(2)21-22(14)16(3,4)5/h9,13,24H,8,10-11H2,1-7H3,(H2,19,20,23). The quantitative estimate of drug-likeness (QED) is 0.760. The number of amides is 2. The second-order valence-corrected chi connectivity index (χ2v) is 8.46. The van der Waals surface area contributed by atoms with Crippen molar-refractivity contribution in [2.45, 2.75) is 72.1 Å². The molecule has 2 amide bonds. The number of carbonyl (C=O) groups excluding carboxylic acids is 1. The van der Waals surface area contributed by atoms with Gasteiger partial charge in [0.1, 0.15) is 5.82 Å². The third-order valence-electron chi connectivity index (χ3n) is 5.15. The van der Waals surface area contributed by atoms with Gasteiger partial charge in [0, 0.05) is 31.1 Å². The van der Waals surface area contributed by atoms with Crippen molar-refractivity contribution in [3.8, 4) is 0 Å². The fourth-order valence-corrected chi connectivity index (χ4v) is 3.25. The number of urea groups is 1. The number of hydrogen-bond donors (Lipinski definition) is 3. The number of aryl methyl sites for hydroxylation is 1. The molecular formula is C18H32N4O3. The summed E-state index contributed by atoms with van der Waals surface area (Å²) in [5, 5.41) is 20.8. The highest BCUT2D eigenvalue weighted by Crippen LogP contribution is 2.50. The maximum absolute atomic E-state index is 12.3. The van der Waals surface area contributed by atoms with Gasteiger partial charge in [-0.3, -0.25) is 5.32 Å². The zero-order chi connectivity index (χ0) is 19.0. The number of anilines is 1. The van der Waals surface area contributed by atoms with Crippen molar-refractivity contribution < 1.29 is 14.6 Å². The first-order valence-electron chi connectivity index (χ1n) is 8.86. The Kier molecular flexibility index (Phi) is 5.21. The number of nitrogens with zero attached hydrogens (tertiary/aromatic N) is 2. The van der Waals surface area contributed by atoms with Crippen LogP contribution >= 0.6 is 0 Å². The molecule has 142 valence electrons. The second kappa shape index (κ2) is 6.61. The lowest BCUT2D eigenvalue weighted by atomic mass is 9.56. The molecule has 1 aliphatic rings. The minimum absolute atomic E-state index is 0.0114. The summed E-state index contributed by atoms with van der Waals surface area (Å²) in [6, 6.07) is 1.48. The van der Waals surface area contributed by atoms with Crippen molar-refractivity contribution in [2.75, 3.05) is 18.5 Å². The molecule has 1 aromatic rings. The molecular weight excluding hydrogens is 320 g/mol. The topological polar surface area (TPSA) is 88.4 Å². The molecule has 7 nitrogen and oxygen atoms in total. The Balaban J connectivity index is 1.97. The van der Waals surface area contributed by atoms with Crippen molar-refractivity contribution in [3.05, 3.63) is 11.8 Å². The van der Waals surface area contributed by atoms with E-state index in [0.29, 0.717) is 18.8 Å². The van der Waals surface area contributed by atoms with E-state index >= 15 is 0 Å². The summed E-state index contributed by atoms with van der Waals surface area (Å²) >= 11 is 0. The fourth-order valence-electron chi connectivity index (χ4n) is 3.25. The van der Waals surface area contributed by atoms with E-state index in [1.54, 1.807) is 4.68 Å². The van der Waals surface area contributed by atoms with Gasteiger partial charge in [0.2, 0.25) is 0 Å². The monoisotopic (exact) mass is 352 g/mol. The van der Waals surface area contributed by atoms with Crippen molar-refractivity contribution in [1.29, 1.82) is 0 Å². The Morgan fingerprint density at radius 2 is 2.12 bits per heavy atom. The largest absolute Gasteiger partial charge is 0.387 e. The Morgan fingerprint density at radius 1 is 1.48 bits per heavy atom. The summed E-state index contributed by atoms with van der Waals surface area (Å²) in [6.45, 7) is 14.6. The third-order valence-corrected chi connectivity index (χ3v) is 5.15. The number of aromatic nitrogens is 2. The van der Waals surface area contributed by atoms with E-state index in [9.17, 15) is 9.90 Å². The van der Waals surface area contributed by atoms with E-state index in [-0.39, 0.29) is 24.2 Å². The predicted molar refractivity (Wildman–Crippen MR) is 97.7 cm³/mol. The molecule has 7 heteroatoms. The molecule has 0 saturated heterocycles. The van der Waals surface area contributed by atoms with Crippen LogP contribution in [0.25, 0.3) is 0 Å². The number of aliphatic hydroxyl groups is 1.